The molecule has 0 aromatic carbocycles. The van der Waals surface area contributed by atoms with Crippen LogP contribution in [0.3, 0.4) is 0 Å². The molecule has 8 heteroatoms. The van der Waals surface area contributed by atoms with E-state index in [2.05, 4.69) is 16.0 Å². The monoisotopic (exact) mass is 268 g/mol. The van der Waals surface area contributed by atoms with Crippen LogP contribution in [0.2, 0.25) is 0 Å². The lowest BCUT2D eigenvalue weighted by atomic mass is 9.99. The third-order valence-electron chi connectivity index (χ3n) is 3.39. The van der Waals surface area contributed by atoms with Crippen LogP contribution in [-0.2, 0) is 14.4 Å². The quantitative estimate of drug-likeness (QED) is 0.520. The lowest BCUT2D eigenvalue weighted by Gasteiger charge is -2.23. The van der Waals surface area contributed by atoms with Crippen molar-refractivity contribution in [2.75, 3.05) is 13.1 Å². The Morgan fingerprint density at radius 1 is 1.42 bits per heavy atom. The summed E-state index contributed by atoms with van der Waals surface area (Å²) in [6, 6.07) is -1.18. The van der Waals surface area contributed by atoms with Gasteiger partial charge in [0, 0.05) is 13.5 Å². The summed E-state index contributed by atoms with van der Waals surface area (Å²) in [6.07, 6.45) is 0.378. The Balaban J connectivity index is 2.02. The molecule has 2 atom stereocenters. The summed E-state index contributed by atoms with van der Waals surface area (Å²) >= 11 is 0. The van der Waals surface area contributed by atoms with Crippen molar-refractivity contribution in [3.63, 3.8) is 0 Å². The molecule has 2 unspecified atom stereocenters. The van der Waals surface area contributed by atoms with Crippen LogP contribution in [0.5, 0.6) is 0 Å². The predicted octanol–water partition coefficient (Wildman–Crippen LogP) is -1.68. The van der Waals surface area contributed by atoms with Crippen molar-refractivity contribution in [1.82, 2.24) is 20.9 Å². The zero-order valence-electron chi connectivity index (χ0n) is 10.8. The van der Waals surface area contributed by atoms with Gasteiger partial charge in [0.15, 0.2) is 0 Å². The van der Waals surface area contributed by atoms with Gasteiger partial charge in [0.25, 0.3) is 5.91 Å². The number of nitrogens with one attached hydrogen (secondary N) is 3. The van der Waals surface area contributed by atoms with Gasteiger partial charge in [0.1, 0.15) is 11.6 Å². The number of hydrogen-bond donors (Lipinski definition) is 3. The van der Waals surface area contributed by atoms with Gasteiger partial charge in [-0.15, -0.1) is 0 Å². The second-order valence-corrected chi connectivity index (χ2v) is 4.92. The van der Waals surface area contributed by atoms with Gasteiger partial charge in [-0.25, -0.2) is 4.79 Å². The van der Waals surface area contributed by atoms with Gasteiger partial charge in [0.05, 0.1) is 6.54 Å². The predicted molar refractivity (Wildman–Crippen MR) is 63.9 cm³/mol. The van der Waals surface area contributed by atoms with Gasteiger partial charge in [-0.2, -0.15) is 0 Å². The van der Waals surface area contributed by atoms with E-state index in [0.29, 0.717) is 13.0 Å². The Hall–Kier alpha value is -2.12. The lowest BCUT2D eigenvalue weighted by Crippen LogP contribution is -2.52. The Kier molecular flexibility index (Phi) is 3.17. The molecule has 2 heterocycles. The van der Waals surface area contributed by atoms with Crippen molar-refractivity contribution in [2.45, 2.75) is 31.8 Å². The Labute approximate surface area is 109 Å². The number of nitrogens with zero attached hydrogens (tertiary/aromatic N) is 1. The maximum atomic E-state index is 12.1. The van der Waals surface area contributed by atoms with Crippen LogP contribution >= 0.6 is 0 Å². The first-order chi connectivity index (χ1) is 8.84. The number of rotatable bonds is 2. The molecule has 3 N–H and O–H groups in total. The lowest BCUT2D eigenvalue weighted by molar-refractivity contribution is -0.135. The van der Waals surface area contributed by atoms with Crippen LogP contribution < -0.4 is 16.0 Å². The smallest absolute Gasteiger partial charge is 0.322 e. The first-order valence-corrected chi connectivity index (χ1v) is 6.03. The normalized spacial score (nSPS) is 27.2. The molecule has 2 aliphatic heterocycles. The molecule has 8 nitrogen and oxygen atoms in total. The van der Waals surface area contributed by atoms with E-state index < -0.39 is 23.5 Å². The highest BCUT2D eigenvalue weighted by atomic mass is 16.2. The fraction of sp³-hybridized carbons (Fsp3) is 0.636. The molecular weight excluding hydrogens is 252 g/mol. The summed E-state index contributed by atoms with van der Waals surface area (Å²) in [4.78, 5) is 47.4. The van der Waals surface area contributed by atoms with Gasteiger partial charge in [-0.3, -0.25) is 19.7 Å². The number of imide groups is 1. The Morgan fingerprint density at radius 2 is 2.11 bits per heavy atom. The highest BCUT2D eigenvalue weighted by Crippen LogP contribution is 2.24. The molecule has 0 aliphatic carbocycles. The second kappa shape index (κ2) is 4.52. The average Bonchev–Trinajstić information content (AvgIpc) is 2.83. The molecule has 2 saturated heterocycles. The standard InChI is InChI=1S/C11H16N4O4/c1-6(12-7(2)16)8(17)15-4-3-11(5-15)9(18)13-10(19)14-11/h6H,3-5H2,1-2H3,(H,12,16)(H2,13,14,18,19). The number of likely N-dealkylation sites (tertiary alicyclic amines) is 1. The van der Waals surface area contributed by atoms with E-state index in [1.807, 2.05) is 0 Å². The number of urea groups is 1. The molecule has 1 spiro atoms. The topological polar surface area (TPSA) is 108 Å². The fourth-order valence-corrected chi connectivity index (χ4v) is 2.45. The maximum Gasteiger partial charge on any atom is 0.322 e. The summed E-state index contributed by atoms with van der Waals surface area (Å²) in [7, 11) is 0. The maximum absolute atomic E-state index is 12.1. The Bertz CT molecular complexity index is 464. The van der Waals surface area contributed by atoms with E-state index in [4.69, 9.17) is 0 Å². The van der Waals surface area contributed by atoms with Gasteiger partial charge in [-0.1, -0.05) is 0 Å². The first-order valence-electron chi connectivity index (χ1n) is 6.03. The van der Waals surface area contributed by atoms with E-state index in [1.165, 1.54) is 11.8 Å². The molecule has 2 fully saturated rings. The number of carbonyl (C=O) groups is 4. The van der Waals surface area contributed by atoms with E-state index >= 15 is 0 Å². The zero-order chi connectivity index (χ0) is 14.2. The fourth-order valence-electron chi connectivity index (χ4n) is 2.45. The molecule has 0 radical (unpaired) electrons. The van der Waals surface area contributed by atoms with Crippen molar-refractivity contribution >= 4 is 23.8 Å². The third-order valence-corrected chi connectivity index (χ3v) is 3.39. The van der Waals surface area contributed by atoms with Crippen molar-refractivity contribution in [1.29, 1.82) is 0 Å². The van der Waals surface area contributed by atoms with Crippen molar-refractivity contribution in [2.24, 2.45) is 0 Å². The molecule has 2 rings (SSSR count). The minimum Gasteiger partial charge on any atom is -0.345 e. The van der Waals surface area contributed by atoms with Crippen molar-refractivity contribution in [3.05, 3.63) is 0 Å². The SMILES string of the molecule is CC(=O)NC(C)C(=O)N1CCC2(C1)NC(=O)NC2=O. The van der Waals surface area contributed by atoms with Crippen LogP contribution in [0.15, 0.2) is 0 Å². The van der Waals surface area contributed by atoms with Gasteiger partial charge >= 0.3 is 6.03 Å². The van der Waals surface area contributed by atoms with Crippen LogP contribution in [0.1, 0.15) is 20.3 Å². The summed E-state index contributed by atoms with van der Waals surface area (Å²) in [5, 5.41) is 7.24. The largest absolute Gasteiger partial charge is 0.345 e. The highest BCUT2D eigenvalue weighted by Gasteiger charge is 2.51. The number of amides is 5. The molecule has 0 saturated carbocycles. The molecule has 0 aromatic rings. The summed E-state index contributed by atoms with van der Waals surface area (Å²) in [6.45, 7) is 3.42. The molecule has 0 aromatic heterocycles. The van der Waals surface area contributed by atoms with Gasteiger partial charge < -0.3 is 15.5 Å². The van der Waals surface area contributed by atoms with Crippen LogP contribution in [0.25, 0.3) is 0 Å². The van der Waals surface area contributed by atoms with Crippen molar-refractivity contribution in [3.8, 4) is 0 Å². The highest BCUT2D eigenvalue weighted by molar-refractivity contribution is 6.07. The van der Waals surface area contributed by atoms with E-state index in [-0.39, 0.29) is 18.4 Å². The van der Waals surface area contributed by atoms with E-state index in [0.717, 1.165) is 0 Å². The third kappa shape index (κ3) is 2.38. The first kappa shape index (κ1) is 13.3. The summed E-state index contributed by atoms with van der Waals surface area (Å²) in [5.74, 6) is -0.956. The zero-order valence-corrected chi connectivity index (χ0v) is 10.8. The molecule has 2 aliphatic rings. The van der Waals surface area contributed by atoms with E-state index in [1.54, 1.807) is 6.92 Å². The second-order valence-electron chi connectivity index (χ2n) is 4.92. The molecule has 0 bridgehead atoms. The molecular formula is C11H16N4O4. The minimum atomic E-state index is -1.01. The van der Waals surface area contributed by atoms with Crippen LogP contribution in [0.4, 0.5) is 4.79 Å². The number of hydrogen-bond acceptors (Lipinski definition) is 4. The Morgan fingerprint density at radius 3 is 2.63 bits per heavy atom. The molecule has 104 valence electrons. The van der Waals surface area contributed by atoms with Crippen LogP contribution in [-0.4, -0.2) is 53.3 Å². The van der Waals surface area contributed by atoms with Crippen molar-refractivity contribution < 1.29 is 19.2 Å². The molecule has 5 amide bonds. The van der Waals surface area contributed by atoms with Crippen LogP contribution in [0, 0.1) is 0 Å². The van der Waals surface area contributed by atoms with Gasteiger partial charge in [0.2, 0.25) is 11.8 Å². The molecule has 19 heavy (non-hydrogen) atoms. The summed E-state index contributed by atoms with van der Waals surface area (Å²) < 4.78 is 0. The number of carbonyl (C=O) groups excluding carboxylic acids is 4. The minimum absolute atomic E-state index is 0.132. The van der Waals surface area contributed by atoms with Gasteiger partial charge in [-0.05, 0) is 13.3 Å². The van der Waals surface area contributed by atoms with E-state index in [9.17, 15) is 19.2 Å². The average molecular weight is 268 g/mol. The summed E-state index contributed by atoms with van der Waals surface area (Å²) in [5.41, 5.74) is -1.01.